The smallest absolute Gasteiger partial charge is 0.0396 e. The second-order valence-electron chi connectivity index (χ2n) is 5.02. The molecule has 88 valence electrons. The Morgan fingerprint density at radius 1 is 1.31 bits per heavy atom. The standard InChI is InChI=1S/C14H22N2/c1-3-16(11-14(15)9-6-10-14)13-8-5-4-7-12(13)2/h4-5,7-8H,3,6,9-11,15H2,1-2H3. The molecule has 0 aliphatic heterocycles. The molecule has 0 radical (unpaired) electrons. The van der Waals surface area contributed by atoms with Crippen molar-refractivity contribution in [2.24, 2.45) is 5.73 Å². The molecule has 0 unspecified atom stereocenters. The van der Waals surface area contributed by atoms with Crippen LogP contribution in [0.2, 0.25) is 0 Å². The van der Waals surface area contributed by atoms with Gasteiger partial charge < -0.3 is 10.6 Å². The van der Waals surface area contributed by atoms with Crippen molar-refractivity contribution in [2.45, 2.75) is 38.6 Å². The molecule has 1 aromatic rings. The van der Waals surface area contributed by atoms with Crippen LogP contribution in [0.15, 0.2) is 24.3 Å². The summed E-state index contributed by atoms with van der Waals surface area (Å²) in [6.07, 6.45) is 3.65. The molecule has 1 fully saturated rings. The lowest BCUT2D eigenvalue weighted by Gasteiger charge is -2.42. The minimum Gasteiger partial charge on any atom is -0.370 e. The van der Waals surface area contributed by atoms with Crippen LogP contribution < -0.4 is 10.6 Å². The van der Waals surface area contributed by atoms with E-state index in [9.17, 15) is 0 Å². The molecule has 0 aromatic heterocycles. The number of nitrogens with two attached hydrogens (primary N) is 1. The van der Waals surface area contributed by atoms with Crippen LogP contribution in [0.25, 0.3) is 0 Å². The van der Waals surface area contributed by atoms with E-state index < -0.39 is 0 Å². The van der Waals surface area contributed by atoms with Gasteiger partial charge in [-0.1, -0.05) is 18.2 Å². The molecule has 0 atom stereocenters. The molecule has 0 spiro atoms. The number of aryl methyl sites for hydroxylation is 1. The Labute approximate surface area is 98.4 Å². The Balaban J connectivity index is 2.13. The van der Waals surface area contributed by atoms with Gasteiger partial charge in [-0.15, -0.1) is 0 Å². The third-order valence-electron chi connectivity index (χ3n) is 3.69. The van der Waals surface area contributed by atoms with E-state index in [-0.39, 0.29) is 5.54 Å². The molecule has 0 amide bonds. The molecule has 0 heterocycles. The first-order chi connectivity index (χ1) is 7.64. The molecule has 2 N–H and O–H groups in total. The molecular weight excluding hydrogens is 196 g/mol. The maximum Gasteiger partial charge on any atom is 0.0396 e. The number of likely N-dealkylation sites (N-methyl/N-ethyl adjacent to an activating group) is 1. The lowest BCUT2D eigenvalue weighted by atomic mass is 9.77. The van der Waals surface area contributed by atoms with E-state index in [2.05, 4.69) is 43.0 Å². The van der Waals surface area contributed by atoms with Crippen LogP contribution in [0, 0.1) is 6.92 Å². The van der Waals surface area contributed by atoms with Crippen LogP contribution in [-0.4, -0.2) is 18.6 Å². The van der Waals surface area contributed by atoms with Crippen molar-refractivity contribution in [3.8, 4) is 0 Å². The molecule has 2 heteroatoms. The quantitative estimate of drug-likeness (QED) is 0.842. The first kappa shape index (κ1) is 11.5. The highest BCUT2D eigenvalue weighted by atomic mass is 15.2. The summed E-state index contributed by atoms with van der Waals surface area (Å²) in [7, 11) is 0. The third kappa shape index (κ3) is 2.22. The molecule has 1 aliphatic rings. The summed E-state index contributed by atoms with van der Waals surface area (Å²) >= 11 is 0. The zero-order valence-corrected chi connectivity index (χ0v) is 10.4. The van der Waals surface area contributed by atoms with Gasteiger partial charge in [0.25, 0.3) is 0 Å². The molecule has 2 rings (SSSR count). The van der Waals surface area contributed by atoms with Gasteiger partial charge in [0.2, 0.25) is 0 Å². The number of hydrogen-bond donors (Lipinski definition) is 1. The van der Waals surface area contributed by atoms with E-state index in [0.29, 0.717) is 0 Å². The predicted molar refractivity (Wildman–Crippen MR) is 69.8 cm³/mol. The van der Waals surface area contributed by atoms with Crippen molar-refractivity contribution in [1.29, 1.82) is 0 Å². The zero-order valence-electron chi connectivity index (χ0n) is 10.4. The Bertz CT molecular complexity index is 356. The van der Waals surface area contributed by atoms with Crippen LogP contribution in [-0.2, 0) is 0 Å². The van der Waals surface area contributed by atoms with Crippen molar-refractivity contribution in [2.75, 3.05) is 18.0 Å². The fourth-order valence-electron chi connectivity index (χ4n) is 2.45. The first-order valence-electron chi connectivity index (χ1n) is 6.24. The van der Waals surface area contributed by atoms with Gasteiger partial charge in [0.15, 0.2) is 0 Å². The second-order valence-corrected chi connectivity index (χ2v) is 5.02. The van der Waals surface area contributed by atoms with E-state index >= 15 is 0 Å². The third-order valence-corrected chi connectivity index (χ3v) is 3.69. The molecule has 1 aromatic carbocycles. The number of anilines is 1. The van der Waals surface area contributed by atoms with E-state index in [1.54, 1.807) is 0 Å². The van der Waals surface area contributed by atoms with Gasteiger partial charge in [-0.25, -0.2) is 0 Å². The molecular formula is C14H22N2. The van der Waals surface area contributed by atoms with Gasteiger partial charge in [0, 0.05) is 24.3 Å². The largest absolute Gasteiger partial charge is 0.370 e. The molecule has 2 nitrogen and oxygen atoms in total. The Morgan fingerprint density at radius 2 is 2.00 bits per heavy atom. The van der Waals surface area contributed by atoms with Gasteiger partial charge in [0.1, 0.15) is 0 Å². The van der Waals surface area contributed by atoms with Crippen LogP contribution in [0.5, 0.6) is 0 Å². The van der Waals surface area contributed by atoms with Gasteiger partial charge >= 0.3 is 0 Å². The van der Waals surface area contributed by atoms with Crippen molar-refractivity contribution in [1.82, 2.24) is 0 Å². The van der Waals surface area contributed by atoms with E-state index in [4.69, 9.17) is 5.73 Å². The number of rotatable bonds is 4. The van der Waals surface area contributed by atoms with E-state index in [1.807, 2.05) is 0 Å². The minimum absolute atomic E-state index is 0.0677. The van der Waals surface area contributed by atoms with Crippen molar-refractivity contribution < 1.29 is 0 Å². The number of nitrogens with zero attached hydrogens (tertiary/aromatic N) is 1. The first-order valence-corrected chi connectivity index (χ1v) is 6.24. The molecule has 0 bridgehead atoms. The lowest BCUT2D eigenvalue weighted by Crippen LogP contribution is -2.55. The fraction of sp³-hybridized carbons (Fsp3) is 0.571. The van der Waals surface area contributed by atoms with Gasteiger partial charge in [0.05, 0.1) is 0 Å². The highest BCUT2D eigenvalue weighted by Crippen LogP contribution is 2.31. The van der Waals surface area contributed by atoms with Gasteiger partial charge in [-0.05, 0) is 44.7 Å². The summed E-state index contributed by atoms with van der Waals surface area (Å²) in [6.45, 7) is 6.40. The van der Waals surface area contributed by atoms with Crippen LogP contribution in [0.3, 0.4) is 0 Å². The second kappa shape index (κ2) is 4.46. The SMILES string of the molecule is CCN(CC1(N)CCC1)c1ccccc1C. The molecule has 0 saturated heterocycles. The van der Waals surface area contributed by atoms with Crippen molar-refractivity contribution in [3.05, 3.63) is 29.8 Å². The van der Waals surface area contributed by atoms with Crippen molar-refractivity contribution in [3.63, 3.8) is 0 Å². The van der Waals surface area contributed by atoms with Crippen LogP contribution >= 0.6 is 0 Å². The predicted octanol–water partition coefficient (Wildman–Crippen LogP) is 2.70. The Hall–Kier alpha value is -1.02. The van der Waals surface area contributed by atoms with Crippen LogP contribution in [0.4, 0.5) is 5.69 Å². The topological polar surface area (TPSA) is 29.3 Å². The molecule has 1 saturated carbocycles. The maximum absolute atomic E-state index is 6.33. The highest BCUT2D eigenvalue weighted by molar-refractivity contribution is 5.53. The minimum atomic E-state index is 0.0677. The summed E-state index contributed by atoms with van der Waals surface area (Å²) < 4.78 is 0. The summed E-state index contributed by atoms with van der Waals surface area (Å²) in [5.41, 5.74) is 9.07. The summed E-state index contributed by atoms with van der Waals surface area (Å²) in [5.74, 6) is 0. The lowest BCUT2D eigenvalue weighted by molar-refractivity contribution is 0.253. The summed E-state index contributed by atoms with van der Waals surface area (Å²) in [4.78, 5) is 2.41. The monoisotopic (exact) mass is 218 g/mol. The Kier molecular flexibility index (Phi) is 3.20. The number of benzene rings is 1. The van der Waals surface area contributed by atoms with Crippen molar-refractivity contribution >= 4 is 5.69 Å². The molecule has 1 aliphatic carbocycles. The average Bonchev–Trinajstić information content (AvgIpc) is 2.25. The number of para-hydroxylation sites is 1. The van der Waals surface area contributed by atoms with Gasteiger partial charge in [-0.3, -0.25) is 0 Å². The maximum atomic E-state index is 6.33. The molecule has 16 heavy (non-hydrogen) atoms. The Morgan fingerprint density at radius 3 is 2.50 bits per heavy atom. The summed E-state index contributed by atoms with van der Waals surface area (Å²) in [6, 6.07) is 8.56. The van der Waals surface area contributed by atoms with E-state index in [0.717, 1.165) is 13.1 Å². The highest BCUT2D eigenvalue weighted by Gasteiger charge is 2.34. The fourth-order valence-corrected chi connectivity index (χ4v) is 2.45. The zero-order chi connectivity index (χ0) is 11.6. The van der Waals surface area contributed by atoms with E-state index in [1.165, 1.54) is 30.5 Å². The summed E-state index contributed by atoms with van der Waals surface area (Å²) in [5, 5.41) is 0. The van der Waals surface area contributed by atoms with Crippen LogP contribution in [0.1, 0.15) is 31.7 Å². The number of hydrogen-bond acceptors (Lipinski definition) is 2. The average molecular weight is 218 g/mol. The normalized spacial score (nSPS) is 17.9. The van der Waals surface area contributed by atoms with Gasteiger partial charge in [-0.2, -0.15) is 0 Å².